The van der Waals surface area contributed by atoms with Crippen molar-refractivity contribution >= 4 is 28.7 Å². The van der Waals surface area contributed by atoms with Crippen molar-refractivity contribution < 1.29 is 14.3 Å². The molecular formula is C20H20N4O3. The Morgan fingerprint density at radius 2 is 1.85 bits per heavy atom. The fourth-order valence-corrected chi connectivity index (χ4v) is 3.27. The summed E-state index contributed by atoms with van der Waals surface area (Å²) in [4.78, 5) is 24.2. The second-order valence-corrected chi connectivity index (χ2v) is 6.58. The Kier molecular flexibility index (Phi) is 4.74. The lowest BCUT2D eigenvalue weighted by molar-refractivity contribution is 0.0967. The molecule has 1 aliphatic rings. The number of carbonyl (C=O) groups is 2. The maximum absolute atomic E-state index is 12.1. The summed E-state index contributed by atoms with van der Waals surface area (Å²) in [6.07, 6.45) is 4.87. The third-order valence-electron chi connectivity index (χ3n) is 4.63. The van der Waals surface area contributed by atoms with E-state index < -0.39 is 11.9 Å². The molecule has 2 aromatic carbocycles. The molecule has 1 fully saturated rings. The predicted octanol–water partition coefficient (Wildman–Crippen LogP) is 3.85. The first kappa shape index (κ1) is 17.1. The zero-order chi connectivity index (χ0) is 18.6. The highest BCUT2D eigenvalue weighted by atomic mass is 16.5. The predicted molar refractivity (Wildman–Crippen MR) is 102 cm³/mol. The van der Waals surface area contributed by atoms with Gasteiger partial charge in [-0.25, -0.2) is 4.79 Å². The number of anilines is 1. The van der Waals surface area contributed by atoms with Gasteiger partial charge in [-0.15, -0.1) is 0 Å². The van der Waals surface area contributed by atoms with E-state index in [0.29, 0.717) is 11.4 Å². The van der Waals surface area contributed by atoms with Gasteiger partial charge in [-0.2, -0.15) is 5.10 Å². The van der Waals surface area contributed by atoms with Crippen molar-refractivity contribution in [3.8, 4) is 5.75 Å². The molecule has 1 heterocycles. The number of benzene rings is 2. The first-order valence-electron chi connectivity index (χ1n) is 9.01. The molecular weight excluding hydrogens is 344 g/mol. The van der Waals surface area contributed by atoms with Gasteiger partial charge in [0.2, 0.25) is 0 Å². The minimum atomic E-state index is -0.636. The molecule has 7 nitrogen and oxygen atoms in total. The van der Waals surface area contributed by atoms with Crippen LogP contribution in [0.25, 0.3) is 10.9 Å². The molecule has 3 N–H and O–H groups in total. The standard InChI is InChI=1S/C20H20N4O3/c25-19(13-6-2-1-3-7-13)22-20(26)21-18-16-11-10-15(12-17(16)23-24-18)27-14-8-4-5-9-14/h1-3,6-7,10-12,14H,4-5,8-9H2,(H3,21,22,23,24,25,26). The smallest absolute Gasteiger partial charge is 0.327 e. The van der Waals surface area contributed by atoms with E-state index in [9.17, 15) is 9.59 Å². The van der Waals surface area contributed by atoms with E-state index in [1.165, 1.54) is 12.8 Å². The molecule has 0 spiro atoms. The van der Waals surface area contributed by atoms with E-state index in [-0.39, 0.29) is 6.10 Å². The normalized spacial score (nSPS) is 14.2. The third kappa shape index (κ3) is 3.92. The van der Waals surface area contributed by atoms with Gasteiger partial charge in [0.15, 0.2) is 5.82 Å². The van der Waals surface area contributed by atoms with Gasteiger partial charge in [-0.1, -0.05) is 18.2 Å². The van der Waals surface area contributed by atoms with Crippen LogP contribution in [0, 0.1) is 0 Å². The van der Waals surface area contributed by atoms with Crippen LogP contribution in [-0.4, -0.2) is 28.2 Å². The minimum Gasteiger partial charge on any atom is -0.490 e. The Morgan fingerprint density at radius 3 is 2.63 bits per heavy atom. The summed E-state index contributed by atoms with van der Waals surface area (Å²) < 4.78 is 5.98. The summed E-state index contributed by atoms with van der Waals surface area (Å²) in [6.45, 7) is 0. The summed E-state index contributed by atoms with van der Waals surface area (Å²) in [5.41, 5.74) is 1.17. The Morgan fingerprint density at radius 1 is 1.07 bits per heavy atom. The van der Waals surface area contributed by atoms with E-state index in [4.69, 9.17) is 4.74 Å². The molecule has 0 bridgehead atoms. The molecule has 138 valence electrons. The molecule has 3 aromatic rings. The largest absolute Gasteiger partial charge is 0.490 e. The maximum Gasteiger partial charge on any atom is 0.327 e. The molecule has 0 aliphatic heterocycles. The average molecular weight is 364 g/mol. The lowest BCUT2D eigenvalue weighted by Crippen LogP contribution is -2.34. The number of nitrogens with one attached hydrogen (secondary N) is 3. The maximum atomic E-state index is 12.1. The Bertz CT molecular complexity index is 962. The molecule has 1 aliphatic carbocycles. The Hall–Kier alpha value is -3.35. The quantitative estimate of drug-likeness (QED) is 0.655. The number of hydrogen-bond acceptors (Lipinski definition) is 4. The topological polar surface area (TPSA) is 96.1 Å². The fourth-order valence-electron chi connectivity index (χ4n) is 3.27. The zero-order valence-electron chi connectivity index (χ0n) is 14.7. The number of ether oxygens (including phenoxy) is 1. The van der Waals surface area contributed by atoms with Gasteiger partial charge in [-0.3, -0.25) is 20.5 Å². The van der Waals surface area contributed by atoms with Gasteiger partial charge in [0.05, 0.1) is 11.6 Å². The molecule has 27 heavy (non-hydrogen) atoms. The third-order valence-corrected chi connectivity index (χ3v) is 4.63. The van der Waals surface area contributed by atoms with E-state index >= 15 is 0 Å². The van der Waals surface area contributed by atoms with Crippen molar-refractivity contribution in [1.82, 2.24) is 15.5 Å². The first-order valence-corrected chi connectivity index (χ1v) is 9.01. The lowest BCUT2D eigenvalue weighted by atomic mass is 10.2. The van der Waals surface area contributed by atoms with Crippen LogP contribution >= 0.6 is 0 Å². The molecule has 1 saturated carbocycles. The highest BCUT2D eigenvalue weighted by molar-refractivity contribution is 6.09. The molecule has 0 radical (unpaired) electrons. The highest BCUT2D eigenvalue weighted by Crippen LogP contribution is 2.28. The monoisotopic (exact) mass is 364 g/mol. The number of imide groups is 1. The highest BCUT2D eigenvalue weighted by Gasteiger charge is 2.17. The van der Waals surface area contributed by atoms with Crippen LogP contribution in [0.2, 0.25) is 0 Å². The van der Waals surface area contributed by atoms with Crippen molar-refractivity contribution in [3.05, 3.63) is 54.1 Å². The van der Waals surface area contributed by atoms with Crippen molar-refractivity contribution in [3.63, 3.8) is 0 Å². The van der Waals surface area contributed by atoms with E-state index in [1.807, 2.05) is 18.2 Å². The van der Waals surface area contributed by atoms with Crippen molar-refractivity contribution in [2.75, 3.05) is 5.32 Å². The van der Waals surface area contributed by atoms with Gasteiger partial charge in [0, 0.05) is 17.0 Å². The number of fused-ring (bicyclic) bond motifs is 1. The van der Waals surface area contributed by atoms with Crippen LogP contribution in [0.15, 0.2) is 48.5 Å². The van der Waals surface area contributed by atoms with Gasteiger partial charge < -0.3 is 4.74 Å². The minimum absolute atomic E-state index is 0.276. The van der Waals surface area contributed by atoms with Crippen LogP contribution in [0.1, 0.15) is 36.0 Å². The van der Waals surface area contributed by atoms with Crippen molar-refractivity contribution in [2.45, 2.75) is 31.8 Å². The second-order valence-electron chi connectivity index (χ2n) is 6.58. The molecule has 7 heteroatoms. The van der Waals surface area contributed by atoms with Crippen LogP contribution in [0.3, 0.4) is 0 Å². The lowest BCUT2D eigenvalue weighted by Gasteiger charge is -2.12. The second kappa shape index (κ2) is 7.49. The number of aromatic amines is 1. The van der Waals surface area contributed by atoms with Crippen LogP contribution < -0.4 is 15.4 Å². The van der Waals surface area contributed by atoms with Gasteiger partial charge in [0.1, 0.15) is 5.75 Å². The van der Waals surface area contributed by atoms with Gasteiger partial charge >= 0.3 is 6.03 Å². The molecule has 1 aromatic heterocycles. The Labute approximate surface area is 156 Å². The first-order chi connectivity index (χ1) is 13.2. The molecule has 3 amide bonds. The number of carbonyl (C=O) groups excluding carboxylic acids is 2. The van der Waals surface area contributed by atoms with Crippen LogP contribution in [0.4, 0.5) is 10.6 Å². The molecule has 4 rings (SSSR count). The van der Waals surface area contributed by atoms with E-state index in [1.54, 1.807) is 30.3 Å². The van der Waals surface area contributed by atoms with Crippen molar-refractivity contribution in [2.24, 2.45) is 0 Å². The number of H-pyrrole nitrogens is 1. The summed E-state index contributed by atoms with van der Waals surface area (Å²) in [7, 11) is 0. The van der Waals surface area contributed by atoms with Crippen LogP contribution in [0.5, 0.6) is 5.75 Å². The van der Waals surface area contributed by atoms with E-state index in [0.717, 1.165) is 29.5 Å². The molecule has 0 saturated heterocycles. The molecule has 0 unspecified atom stereocenters. The molecule has 0 atom stereocenters. The van der Waals surface area contributed by atoms with Gasteiger partial charge in [0.25, 0.3) is 5.91 Å². The number of amides is 3. The summed E-state index contributed by atoms with van der Waals surface area (Å²) >= 11 is 0. The van der Waals surface area contributed by atoms with Crippen molar-refractivity contribution in [1.29, 1.82) is 0 Å². The fraction of sp³-hybridized carbons (Fsp3) is 0.250. The summed E-state index contributed by atoms with van der Waals surface area (Å²) in [5, 5.41) is 12.7. The van der Waals surface area contributed by atoms with Crippen LogP contribution in [-0.2, 0) is 0 Å². The number of hydrogen-bond donors (Lipinski definition) is 3. The summed E-state index contributed by atoms with van der Waals surface area (Å²) in [6, 6.07) is 13.5. The summed E-state index contributed by atoms with van der Waals surface area (Å²) in [5.74, 6) is 0.671. The van der Waals surface area contributed by atoms with E-state index in [2.05, 4.69) is 20.8 Å². The SMILES string of the molecule is O=C(NC(=O)c1ccccc1)Nc1n[nH]c2cc(OC3CCCC3)ccc12. The number of urea groups is 1. The Balaban J connectivity index is 1.42. The number of nitrogens with zero attached hydrogens (tertiary/aromatic N) is 1. The average Bonchev–Trinajstić information content (AvgIpc) is 3.32. The van der Waals surface area contributed by atoms with Gasteiger partial charge in [-0.05, 0) is 49.9 Å². The number of rotatable bonds is 4. The number of aromatic nitrogens is 2. The zero-order valence-corrected chi connectivity index (χ0v) is 14.7.